The van der Waals surface area contributed by atoms with Gasteiger partial charge in [0.25, 0.3) is 0 Å². The molecule has 0 saturated carbocycles. The molecule has 0 radical (unpaired) electrons. The van der Waals surface area contributed by atoms with Gasteiger partial charge in [-0.3, -0.25) is 0 Å². The van der Waals surface area contributed by atoms with Crippen LogP contribution in [0.15, 0.2) is 18.2 Å². The summed E-state index contributed by atoms with van der Waals surface area (Å²) in [6, 6.07) is 5.40. The van der Waals surface area contributed by atoms with Crippen LogP contribution in [0.1, 0.15) is 29.3 Å². The summed E-state index contributed by atoms with van der Waals surface area (Å²) in [4.78, 5) is 11.4. The quantitative estimate of drug-likeness (QED) is 0.793. The van der Waals surface area contributed by atoms with Crippen LogP contribution in [0.3, 0.4) is 0 Å². The topological polar surface area (TPSA) is 61.5 Å². The average Bonchev–Trinajstić information content (AvgIpc) is 2.34. The normalized spacial score (nSPS) is 12.0. The van der Waals surface area contributed by atoms with Crippen molar-refractivity contribution >= 4 is 5.97 Å². The molecule has 1 aromatic rings. The number of hydrogen-bond donors (Lipinski definition) is 1. The monoisotopic (exact) mass is 237 g/mol. The van der Waals surface area contributed by atoms with Crippen LogP contribution >= 0.6 is 0 Å². The van der Waals surface area contributed by atoms with E-state index in [9.17, 15) is 4.79 Å². The van der Waals surface area contributed by atoms with E-state index in [1.165, 1.54) is 7.11 Å². The van der Waals surface area contributed by atoms with Gasteiger partial charge in [-0.05, 0) is 43.5 Å². The summed E-state index contributed by atoms with van der Waals surface area (Å²) in [5.41, 5.74) is 7.24. The predicted octanol–water partition coefficient (Wildman–Crippen LogP) is 1.76. The van der Waals surface area contributed by atoms with Crippen LogP contribution in [0, 0.1) is 0 Å². The predicted molar refractivity (Wildman–Crippen MR) is 66.3 cm³/mol. The van der Waals surface area contributed by atoms with Crippen molar-refractivity contribution in [2.24, 2.45) is 5.73 Å². The van der Waals surface area contributed by atoms with Crippen molar-refractivity contribution in [1.29, 1.82) is 0 Å². The molecule has 0 heterocycles. The lowest BCUT2D eigenvalue weighted by Gasteiger charge is -2.11. The SMILES string of the molecule is COC(=O)c1ccc(OC)c(CC[C@H](C)N)c1. The van der Waals surface area contributed by atoms with Crippen LogP contribution in [0.5, 0.6) is 5.75 Å². The highest BCUT2D eigenvalue weighted by molar-refractivity contribution is 5.89. The highest BCUT2D eigenvalue weighted by Crippen LogP contribution is 2.22. The molecule has 0 fully saturated rings. The van der Waals surface area contributed by atoms with Gasteiger partial charge in [0.1, 0.15) is 5.75 Å². The lowest BCUT2D eigenvalue weighted by Crippen LogP contribution is -2.15. The summed E-state index contributed by atoms with van der Waals surface area (Å²) in [6.07, 6.45) is 1.63. The molecule has 0 bridgehead atoms. The summed E-state index contributed by atoms with van der Waals surface area (Å²) < 4.78 is 9.94. The molecule has 1 rings (SSSR count). The van der Waals surface area contributed by atoms with Crippen LogP contribution in [0.2, 0.25) is 0 Å². The standard InChI is InChI=1S/C13H19NO3/c1-9(14)4-5-10-8-11(13(15)17-3)6-7-12(10)16-2/h6-9H,4-5,14H2,1-3H3/t9-/m0/s1. The molecule has 0 saturated heterocycles. The fourth-order valence-corrected chi connectivity index (χ4v) is 1.60. The molecule has 17 heavy (non-hydrogen) atoms. The first-order valence-corrected chi connectivity index (χ1v) is 5.59. The molecule has 0 spiro atoms. The fourth-order valence-electron chi connectivity index (χ4n) is 1.60. The fraction of sp³-hybridized carbons (Fsp3) is 0.462. The van der Waals surface area contributed by atoms with Gasteiger partial charge in [0.15, 0.2) is 0 Å². The number of carbonyl (C=O) groups is 1. The van der Waals surface area contributed by atoms with Crippen LogP contribution in [0.25, 0.3) is 0 Å². The second-order valence-electron chi connectivity index (χ2n) is 4.03. The molecule has 1 aromatic carbocycles. The zero-order valence-corrected chi connectivity index (χ0v) is 10.5. The molecule has 4 nitrogen and oxygen atoms in total. The Labute approximate surface area is 102 Å². The smallest absolute Gasteiger partial charge is 0.337 e. The second kappa shape index (κ2) is 6.25. The Kier molecular flexibility index (Phi) is 4.97. The maximum atomic E-state index is 11.4. The molecular weight excluding hydrogens is 218 g/mol. The molecule has 2 N–H and O–H groups in total. The minimum absolute atomic E-state index is 0.126. The highest BCUT2D eigenvalue weighted by Gasteiger charge is 2.10. The first-order chi connectivity index (χ1) is 8.08. The van der Waals surface area contributed by atoms with E-state index in [0.29, 0.717) is 5.56 Å². The number of carbonyl (C=O) groups excluding carboxylic acids is 1. The van der Waals surface area contributed by atoms with Gasteiger partial charge in [0.2, 0.25) is 0 Å². The molecule has 1 atom stereocenters. The van der Waals surface area contributed by atoms with Gasteiger partial charge in [-0.2, -0.15) is 0 Å². The molecule has 0 aliphatic heterocycles. The van der Waals surface area contributed by atoms with E-state index in [4.69, 9.17) is 10.5 Å². The number of esters is 1. The Hall–Kier alpha value is -1.55. The number of ether oxygens (including phenoxy) is 2. The van der Waals surface area contributed by atoms with E-state index in [1.807, 2.05) is 6.92 Å². The molecule has 0 amide bonds. The van der Waals surface area contributed by atoms with Crippen molar-refractivity contribution in [3.05, 3.63) is 29.3 Å². The summed E-state index contributed by atoms with van der Waals surface area (Å²) in [6.45, 7) is 1.95. The van der Waals surface area contributed by atoms with Crippen molar-refractivity contribution < 1.29 is 14.3 Å². The largest absolute Gasteiger partial charge is 0.496 e. The summed E-state index contributed by atoms with van der Waals surface area (Å²) in [5, 5.41) is 0. The number of nitrogens with two attached hydrogens (primary N) is 1. The molecule has 0 aliphatic carbocycles. The van der Waals surface area contributed by atoms with Crippen molar-refractivity contribution in [2.75, 3.05) is 14.2 Å². The lowest BCUT2D eigenvalue weighted by atomic mass is 10.0. The Morgan fingerprint density at radius 2 is 2.12 bits per heavy atom. The van der Waals surface area contributed by atoms with E-state index in [-0.39, 0.29) is 12.0 Å². The molecule has 4 heteroatoms. The number of aryl methyl sites for hydroxylation is 1. The first kappa shape index (κ1) is 13.5. The van der Waals surface area contributed by atoms with Crippen molar-refractivity contribution in [3.63, 3.8) is 0 Å². The van der Waals surface area contributed by atoms with E-state index < -0.39 is 0 Å². The third-order valence-corrected chi connectivity index (χ3v) is 2.57. The summed E-state index contributed by atoms with van der Waals surface area (Å²) in [7, 11) is 2.98. The Balaban J connectivity index is 2.93. The minimum Gasteiger partial charge on any atom is -0.496 e. The Morgan fingerprint density at radius 3 is 2.65 bits per heavy atom. The van der Waals surface area contributed by atoms with E-state index in [2.05, 4.69) is 4.74 Å². The highest BCUT2D eigenvalue weighted by atomic mass is 16.5. The average molecular weight is 237 g/mol. The number of methoxy groups -OCH3 is 2. The Bertz CT molecular complexity index is 388. The lowest BCUT2D eigenvalue weighted by molar-refractivity contribution is 0.0600. The van der Waals surface area contributed by atoms with E-state index in [0.717, 1.165) is 24.2 Å². The third-order valence-electron chi connectivity index (χ3n) is 2.57. The van der Waals surface area contributed by atoms with Crippen LogP contribution in [-0.2, 0) is 11.2 Å². The zero-order valence-electron chi connectivity index (χ0n) is 10.5. The van der Waals surface area contributed by atoms with Crippen LogP contribution in [0.4, 0.5) is 0 Å². The van der Waals surface area contributed by atoms with E-state index in [1.54, 1.807) is 25.3 Å². The van der Waals surface area contributed by atoms with E-state index >= 15 is 0 Å². The number of benzene rings is 1. The second-order valence-corrected chi connectivity index (χ2v) is 4.03. The molecule has 94 valence electrons. The molecular formula is C13H19NO3. The maximum absolute atomic E-state index is 11.4. The van der Waals surface area contributed by atoms with Crippen molar-refractivity contribution in [2.45, 2.75) is 25.8 Å². The van der Waals surface area contributed by atoms with Crippen LogP contribution < -0.4 is 10.5 Å². The van der Waals surface area contributed by atoms with Crippen LogP contribution in [-0.4, -0.2) is 26.2 Å². The summed E-state index contributed by atoms with van der Waals surface area (Å²) >= 11 is 0. The number of hydrogen-bond acceptors (Lipinski definition) is 4. The van der Waals surface area contributed by atoms with Gasteiger partial charge in [0.05, 0.1) is 19.8 Å². The van der Waals surface area contributed by atoms with Gasteiger partial charge in [0, 0.05) is 6.04 Å². The first-order valence-electron chi connectivity index (χ1n) is 5.59. The molecule has 0 unspecified atom stereocenters. The summed E-state index contributed by atoms with van der Waals surface area (Å²) in [5.74, 6) is 0.438. The van der Waals surface area contributed by atoms with Gasteiger partial charge >= 0.3 is 5.97 Å². The van der Waals surface area contributed by atoms with Crippen molar-refractivity contribution in [3.8, 4) is 5.75 Å². The number of rotatable bonds is 5. The third kappa shape index (κ3) is 3.75. The Morgan fingerprint density at radius 1 is 1.41 bits per heavy atom. The van der Waals surface area contributed by atoms with Gasteiger partial charge < -0.3 is 15.2 Å². The molecule has 0 aromatic heterocycles. The molecule has 0 aliphatic rings. The van der Waals surface area contributed by atoms with Gasteiger partial charge in [-0.1, -0.05) is 0 Å². The minimum atomic E-state index is -0.338. The van der Waals surface area contributed by atoms with Gasteiger partial charge in [-0.25, -0.2) is 4.79 Å². The zero-order chi connectivity index (χ0) is 12.8. The van der Waals surface area contributed by atoms with Crippen molar-refractivity contribution in [1.82, 2.24) is 0 Å². The maximum Gasteiger partial charge on any atom is 0.337 e. The van der Waals surface area contributed by atoms with Gasteiger partial charge in [-0.15, -0.1) is 0 Å².